The minimum absolute atomic E-state index is 0.0262. The molecule has 1 heterocycles. The number of nitriles is 1. The van der Waals surface area contributed by atoms with Crippen LogP contribution in [-0.2, 0) is 14.6 Å². The van der Waals surface area contributed by atoms with Gasteiger partial charge >= 0.3 is 6.09 Å². The van der Waals surface area contributed by atoms with E-state index < -0.39 is 27.6 Å². The zero-order valence-corrected chi connectivity index (χ0v) is 20.3. The molecule has 1 aromatic carbocycles. The lowest BCUT2D eigenvalue weighted by atomic mass is 9.91. The van der Waals surface area contributed by atoms with E-state index in [-0.39, 0.29) is 11.5 Å². The maximum absolute atomic E-state index is 12.3. The van der Waals surface area contributed by atoms with Gasteiger partial charge in [0.1, 0.15) is 17.9 Å². The van der Waals surface area contributed by atoms with Crippen molar-refractivity contribution in [1.82, 2.24) is 10.3 Å². The van der Waals surface area contributed by atoms with E-state index in [2.05, 4.69) is 16.4 Å². The van der Waals surface area contributed by atoms with E-state index in [1.165, 1.54) is 18.5 Å². The number of nitrogens with one attached hydrogen (secondary N) is 1. The van der Waals surface area contributed by atoms with Crippen LogP contribution in [0.5, 0.6) is 5.75 Å². The van der Waals surface area contributed by atoms with Crippen LogP contribution in [0.2, 0.25) is 0 Å². The van der Waals surface area contributed by atoms with Crippen LogP contribution in [0.1, 0.15) is 57.4 Å². The number of carbonyl (C=O) groups is 1. The highest BCUT2D eigenvalue weighted by atomic mass is 32.2. The highest BCUT2D eigenvalue weighted by Gasteiger charge is 2.26. The fourth-order valence-electron chi connectivity index (χ4n) is 3.17. The first kappa shape index (κ1) is 25.1. The molecule has 0 saturated carbocycles. The first-order valence-corrected chi connectivity index (χ1v) is 12.0. The van der Waals surface area contributed by atoms with Crippen LogP contribution >= 0.6 is 0 Å². The number of aryl methyl sites for hydroxylation is 1. The van der Waals surface area contributed by atoms with Crippen molar-refractivity contribution in [1.29, 1.82) is 5.26 Å². The Morgan fingerprint density at radius 3 is 2.47 bits per heavy atom. The highest BCUT2D eigenvalue weighted by molar-refractivity contribution is 7.90. The molecule has 172 valence electrons. The van der Waals surface area contributed by atoms with Crippen molar-refractivity contribution in [3.8, 4) is 22.9 Å². The number of hydrogen-bond donors (Lipinski definition) is 1. The Kier molecular flexibility index (Phi) is 7.52. The Labute approximate surface area is 189 Å². The molecule has 1 aromatic heterocycles. The zero-order chi connectivity index (χ0) is 24.3. The number of nitrogens with zero attached hydrogens (tertiary/aromatic N) is 2. The predicted octanol–water partition coefficient (Wildman–Crippen LogP) is 4.32. The second-order valence-corrected chi connectivity index (χ2v) is 10.5. The lowest BCUT2D eigenvalue weighted by molar-refractivity contribution is 0.0984. The third-order valence-electron chi connectivity index (χ3n) is 4.53. The molecule has 1 amide bonds. The number of hydrogen-bond acceptors (Lipinski definition) is 7. The molecular formula is C23H29N3O5S. The third kappa shape index (κ3) is 5.98. The molecule has 2 rings (SSSR count). The van der Waals surface area contributed by atoms with Crippen LogP contribution in [0.4, 0.5) is 4.79 Å². The van der Waals surface area contributed by atoms with Crippen LogP contribution in [0.3, 0.4) is 0 Å². The molecule has 8 nitrogen and oxygen atoms in total. The summed E-state index contributed by atoms with van der Waals surface area (Å²) in [5.74, 6) is 0.346. The van der Waals surface area contributed by atoms with Gasteiger partial charge in [-0.3, -0.25) is 4.98 Å². The lowest BCUT2D eigenvalue weighted by Gasteiger charge is -2.25. The maximum Gasteiger partial charge on any atom is 0.408 e. The van der Waals surface area contributed by atoms with Gasteiger partial charge in [0.25, 0.3) is 0 Å². The molecule has 0 aliphatic carbocycles. The number of ether oxygens (including phenoxy) is 2. The van der Waals surface area contributed by atoms with Gasteiger partial charge in [-0.15, -0.1) is 0 Å². The summed E-state index contributed by atoms with van der Waals surface area (Å²) in [6.45, 7) is 11.1. The maximum atomic E-state index is 12.3. The van der Waals surface area contributed by atoms with Crippen LogP contribution in [-0.4, -0.2) is 37.9 Å². The van der Waals surface area contributed by atoms with Crippen LogP contribution in [0, 0.1) is 18.3 Å². The molecule has 1 unspecified atom stereocenters. The summed E-state index contributed by atoms with van der Waals surface area (Å²) < 4.78 is 35.6. The van der Waals surface area contributed by atoms with E-state index in [1.54, 1.807) is 26.8 Å². The first-order valence-electron chi connectivity index (χ1n) is 10.1. The Balaban J connectivity index is 2.71. The molecule has 2 aromatic rings. The highest BCUT2D eigenvalue weighted by Crippen LogP contribution is 2.42. The number of amides is 1. The van der Waals surface area contributed by atoms with Crippen molar-refractivity contribution in [2.45, 2.75) is 58.1 Å². The molecule has 0 aliphatic rings. The van der Waals surface area contributed by atoms with Gasteiger partial charge in [0.05, 0.1) is 17.1 Å². The van der Waals surface area contributed by atoms with Gasteiger partial charge < -0.3 is 14.8 Å². The molecule has 0 bridgehead atoms. The van der Waals surface area contributed by atoms with Gasteiger partial charge in [-0.1, -0.05) is 0 Å². The summed E-state index contributed by atoms with van der Waals surface area (Å²) in [5.41, 5.74) is 1.89. The van der Waals surface area contributed by atoms with Crippen LogP contribution in [0.25, 0.3) is 11.1 Å². The number of sulfone groups is 1. The van der Waals surface area contributed by atoms with Gasteiger partial charge in [-0.05, 0) is 59.2 Å². The van der Waals surface area contributed by atoms with Gasteiger partial charge in [0.2, 0.25) is 0 Å². The molecule has 0 fully saturated rings. The number of benzene rings is 1. The largest absolute Gasteiger partial charge is 0.493 e. The smallest absolute Gasteiger partial charge is 0.408 e. The van der Waals surface area contributed by atoms with Crippen LogP contribution < -0.4 is 10.1 Å². The van der Waals surface area contributed by atoms with Crippen molar-refractivity contribution in [3.05, 3.63) is 41.2 Å². The first-order chi connectivity index (χ1) is 14.8. The monoisotopic (exact) mass is 459 g/mol. The molecule has 0 aliphatic heterocycles. The van der Waals surface area contributed by atoms with Gasteiger partial charge in [-0.25, -0.2) is 13.2 Å². The van der Waals surface area contributed by atoms with Crippen LogP contribution in [0.15, 0.2) is 29.4 Å². The standard InChI is InChI=1S/C23H29N3O5S/c1-8-30-21-18(15(3)31-22(27)26-23(4,5)6)9-14(2)19(11-24)20(21)16-10-17(13-25-12-16)32(7,28)29/h9-10,12-13,15H,8H2,1-7H3,(H,26,27). The second-order valence-electron chi connectivity index (χ2n) is 8.51. The van der Waals surface area contributed by atoms with E-state index in [0.717, 1.165) is 6.26 Å². The predicted molar refractivity (Wildman–Crippen MR) is 121 cm³/mol. The van der Waals surface area contributed by atoms with E-state index in [1.807, 2.05) is 20.8 Å². The molecule has 1 N–H and O–H groups in total. The van der Waals surface area contributed by atoms with E-state index in [0.29, 0.717) is 33.6 Å². The van der Waals surface area contributed by atoms with Crippen molar-refractivity contribution in [2.24, 2.45) is 0 Å². The van der Waals surface area contributed by atoms with E-state index in [4.69, 9.17) is 9.47 Å². The number of aromatic nitrogens is 1. The minimum Gasteiger partial charge on any atom is -0.493 e. The van der Waals surface area contributed by atoms with Gasteiger partial charge in [0.15, 0.2) is 9.84 Å². The van der Waals surface area contributed by atoms with Crippen molar-refractivity contribution >= 4 is 15.9 Å². The fraction of sp³-hybridized carbons (Fsp3) is 0.435. The number of alkyl carbamates (subject to hydrolysis) is 1. The average Bonchev–Trinajstić information content (AvgIpc) is 2.66. The Morgan fingerprint density at radius 2 is 1.94 bits per heavy atom. The number of carbonyl (C=O) groups excluding carboxylic acids is 1. The second kappa shape index (κ2) is 9.57. The fourth-order valence-corrected chi connectivity index (χ4v) is 3.76. The van der Waals surface area contributed by atoms with Crippen molar-refractivity contribution < 1.29 is 22.7 Å². The minimum atomic E-state index is -3.51. The molecule has 9 heteroatoms. The summed E-state index contributed by atoms with van der Waals surface area (Å²) in [5, 5.41) is 12.6. The molecule has 1 atom stereocenters. The summed E-state index contributed by atoms with van der Waals surface area (Å²) in [6.07, 6.45) is 2.54. The van der Waals surface area contributed by atoms with Gasteiger partial charge in [0, 0.05) is 40.9 Å². The normalized spacial score (nSPS) is 12.6. The van der Waals surface area contributed by atoms with Crippen molar-refractivity contribution in [2.75, 3.05) is 12.9 Å². The Hall–Kier alpha value is -3.12. The molecule has 32 heavy (non-hydrogen) atoms. The third-order valence-corrected chi connectivity index (χ3v) is 5.61. The topological polar surface area (TPSA) is 118 Å². The molecule has 0 radical (unpaired) electrons. The lowest BCUT2D eigenvalue weighted by Crippen LogP contribution is -2.41. The molecule has 0 spiro atoms. The molecule has 0 saturated heterocycles. The Morgan fingerprint density at radius 1 is 1.28 bits per heavy atom. The zero-order valence-electron chi connectivity index (χ0n) is 19.4. The number of rotatable bonds is 6. The molecular weight excluding hydrogens is 430 g/mol. The summed E-state index contributed by atoms with van der Waals surface area (Å²) >= 11 is 0. The van der Waals surface area contributed by atoms with Crippen molar-refractivity contribution in [3.63, 3.8) is 0 Å². The summed E-state index contributed by atoms with van der Waals surface area (Å²) in [6, 6.07) is 5.39. The van der Waals surface area contributed by atoms with E-state index >= 15 is 0 Å². The summed E-state index contributed by atoms with van der Waals surface area (Å²) in [7, 11) is -3.51. The van der Waals surface area contributed by atoms with Gasteiger partial charge in [-0.2, -0.15) is 5.26 Å². The number of pyridine rings is 1. The average molecular weight is 460 g/mol. The quantitative estimate of drug-likeness (QED) is 0.683. The summed E-state index contributed by atoms with van der Waals surface area (Å²) in [4.78, 5) is 16.4. The SMILES string of the molecule is CCOc1c(C(C)OC(=O)NC(C)(C)C)cc(C)c(C#N)c1-c1cncc(S(C)(=O)=O)c1. The van der Waals surface area contributed by atoms with E-state index in [9.17, 15) is 18.5 Å². The Bertz CT molecular complexity index is 1160.